The Balaban J connectivity index is 2.15. The van der Waals surface area contributed by atoms with Crippen molar-refractivity contribution in [2.24, 2.45) is 0 Å². The largest absolute Gasteiger partial charge is 0.431 e. The Morgan fingerprint density at radius 1 is 1.31 bits per heavy atom. The molecule has 3 nitrogen and oxygen atoms in total. The molecule has 2 atom stereocenters. The van der Waals surface area contributed by atoms with E-state index in [1.54, 1.807) is 11.8 Å². The molecular formula is C12H16N2OS. The van der Waals surface area contributed by atoms with E-state index in [1.165, 1.54) is 0 Å². The van der Waals surface area contributed by atoms with Gasteiger partial charge in [-0.3, -0.25) is 0 Å². The van der Waals surface area contributed by atoms with Crippen molar-refractivity contribution in [1.82, 2.24) is 10.3 Å². The molecule has 1 N–H and O–H groups in total. The van der Waals surface area contributed by atoms with Crippen LogP contribution in [0.5, 0.6) is 0 Å². The molecule has 0 aliphatic rings. The summed E-state index contributed by atoms with van der Waals surface area (Å²) in [5.41, 5.74) is 1.78. The summed E-state index contributed by atoms with van der Waals surface area (Å²) in [6.07, 6.45) is 0. The molecule has 1 aromatic heterocycles. The molecule has 86 valence electrons. The summed E-state index contributed by atoms with van der Waals surface area (Å²) in [6, 6.07) is 8.27. The van der Waals surface area contributed by atoms with Crippen molar-refractivity contribution < 1.29 is 4.42 Å². The van der Waals surface area contributed by atoms with Crippen LogP contribution in [0, 0.1) is 0 Å². The number of nitrogens with one attached hydrogen (secondary N) is 1. The summed E-state index contributed by atoms with van der Waals surface area (Å²) >= 11 is 1.66. The number of hydrogen-bond acceptors (Lipinski definition) is 4. The Morgan fingerprint density at radius 2 is 2.06 bits per heavy atom. The van der Waals surface area contributed by atoms with Gasteiger partial charge in [-0.25, -0.2) is 4.98 Å². The molecule has 2 rings (SSSR count). The highest BCUT2D eigenvalue weighted by Crippen LogP contribution is 2.27. The van der Waals surface area contributed by atoms with Crippen LogP contribution in [0.4, 0.5) is 0 Å². The predicted molar refractivity (Wildman–Crippen MR) is 67.8 cm³/mol. The van der Waals surface area contributed by atoms with Crippen LogP contribution in [-0.4, -0.2) is 23.3 Å². The molecular weight excluding hydrogens is 220 g/mol. The molecule has 0 saturated heterocycles. The lowest BCUT2D eigenvalue weighted by molar-refractivity contribution is 0.485. The molecule has 0 fully saturated rings. The van der Waals surface area contributed by atoms with Gasteiger partial charge in [0, 0.05) is 11.3 Å². The third kappa shape index (κ3) is 2.39. The van der Waals surface area contributed by atoms with E-state index in [9.17, 15) is 0 Å². The van der Waals surface area contributed by atoms with Gasteiger partial charge in [-0.05, 0) is 26.1 Å². The number of para-hydroxylation sites is 2. The fraction of sp³-hybridized carbons (Fsp3) is 0.417. The van der Waals surface area contributed by atoms with E-state index >= 15 is 0 Å². The number of thioether (sulfide) groups is 1. The van der Waals surface area contributed by atoms with Gasteiger partial charge in [0.15, 0.2) is 5.58 Å². The Kier molecular flexibility index (Phi) is 3.51. The molecule has 16 heavy (non-hydrogen) atoms. The maximum Gasteiger partial charge on any atom is 0.257 e. The summed E-state index contributed by atoms with van der Waals surface area (Å²) in [5.74, 6) is 0. The van der Waals surface area contributed by atoms with Gasteiger partial charge in [0.1, 0.15) is 5.52 Å². The van der Waals surface area contributed by atoms with Crippen LogP contribution in [0.2, 0.25) is 0 Å². The lowest BCUT2D eigenvalue weighted by atomic mass is 10.3. The normalized spacial score (nSPS) is 15.2. The van der Waals surface area contributed by atoms with Crippen LogP contribution in [0.3, 0.4) is 0 Å². The molecule has 0 amide bonds. The molecule has 1 heterocycles. The molecule has 1 aromatic carbocycles. The molecule has 0 aliphatic heterocycles. The van der Waals surface area contributed by atoms with Crippen molar-refractivity contribution in [1.29, 1.82) is 0 Å². The monoisotopic (exact) mass is 236 g/mol. The maximum absolute atomic E-state index is 5.66. The van der Waals surface area contributed by atoms with Gasteiger partial charge in [-0.2, -0.15) is 0 Å². The van der Waals surface area contributed by atoms with E-state index in [0.29, 0.717) is 11.3 Å². The zero-order chi connectivity index (χ0) is 11.5. The van der Waals surface area contributed by atoms with Crippen molar-refractivity contribution in [3.8, 4) is 0 Å². The first-order chi connectivity index (χ1) is 7.70. The van der Waals surface area contributed by atoms with Gasteiger partial charge in [0.25, 0.3) is 5.22 Å². The average molecular weight is 236 g/mol. The Hall–Kier alpha value is -1.00. The molecule has 0 spiro atoms. The van der Waals surface area contributed by atoms with E-state index in [1.807, 2.05) is 31.3 Å². The van der Waals surface area contributed by atoms with Gasteiger partial charge < -0.3 is 9.73 Å². The highest BCUT2D eigenvalue weighted by Gasteiger charge is 2.15. The van der Waals surface area contributed by atoms with Crippen LogP contribution < -0.4 is 5.32 Å². The molecule has 0 aliphatic carbocycles. The topological polar surface area (TPSA) is 38.1 Å². The van der Waals surface area contributed by atoms with Crippen molar-refractivity contribution in [3.63, 3.8) is 0 Å². The van der Waals surface area contributed by atoms with E-state index in [2.05, 4.69) is 24.1 Å². The number of aromatic nitrogens is 1. The Labute approximate surface area is 99.6 Å². The molecule has 0 saturated carbocycles. The summed E-state index contributed by atoms with van der Waals surface area (Å²) in [5, 5.41) is 4.40. The summed E-state index contributed by atoms with van der Waals surface area (Å²) in [4.78, 5) is 4.44. The van der Waals surface area contributed by atoms with E-state index in [0.717, 1.165) is 16.3 Å². The van der Waals surface area contributed by atoms with Crippen LogP contribution >= 0.6 is 11.8 Å². The Morgan fingerprint density at radius 3 is 2.75 bits per heavy atom. The molecule has 4 heteroatoms. The predicted octanol–water partition coefficient (Wildman–Crippen LogP) is 2.92. The molecule has 0 radical (unpaired) electrons. The van der Waals surface area contributed by atoms with Gasteiger partial charge in [-0.15, -0.1) is 0 Å². The van der Waals surface area contributed by atoms with E-state index in [-0.39, 0.29) is 0 Å². The SMILES string of the molecule is CNC(C)C(C)Sc1nc2ccccc2o1. The second kappa shape index (κ2) is 4.89. The van der Waals surface area contributed by atoms with Crippen molar-refractivity contribution in [2.45, 2.75) is 30.4 Å². The van der Waals surface area contributed by atoms with Crippen LogP contribution in [0.15, 0.2) is 33.9 Å². The third-order valence-electron chi connectivity index (χ3n) is 2.72. The van der Waals surface area contributed by atoms with Crippen molar-refractivity contribution in [3.05, 3.63) is 24.3 Å². The molecule has 2 aromatic rings. The second-order valence-corrected chi connectivity index (χ2v) is 5.18. The average Bonchev–Trinajstić information content (AvgIpc) is 2.69. The zero-order valence-corrected chi connectivity index (χ0v) is 10.5. The van der Waals surface area contributed by atoms with Gasteiger partial charge in [0.05, 0.1) is 0 Å². The molecule has 0 bridgehead atoms. The van der Waals surface area contributed by atoms with Crippen molar-refractivity contribution in [2.75, 3.05) is 7.05 Å². The molecule has 2 unspecified atom stereocenters. The minimum absolute atomic E-state index is 0.429. The Bertz CT molecular complexity index is 436. The van der Waals surface area contributed by atoms with Crippen LogP contribution in [0.1, 0.15) is 13.8 Å². The quantitative estimate of drug-likeness (QED) is 0.828. The lowest BCUT2D eigenvalue weighted by Crippen LogP contribution is -2.30. The first-order valence-corrected chi connectivity index (χ1v) is 6.28. The fourth-order valence-electron chi connectivity index (χ4n) is 1.40. The number of oxazole rings is 1. The van der Waals surface area contributed by atoms with Gasteiger partial charge in [0.2, 0.25) is 0 Å². The third-order valence-corrected chi connectivity index (χ3v) is 3.88. The fourth-order valence-corrected chi connectivity index (χ4v) is 2.34. The number of hydrogen-bond donors (Lipinski definition) is 1. The first-order valence-electron chi connectivity index (χ1n) is 5.40. The smallest absolute Gasteiger partial charge is 0.257 e. The number of nitrogens with zero attached hydrogens (tertiary/aromatic N) is 1. The van der Waals surface area contributed by atoms with Gasteiger partial charge >= 0.3 is 0 Å². The second-order valence-electron chi connectivity index (χ2n) is 3.85. The summed E-state index contributed by atoms with van der Waals surface area (Å²) in [6.45, 7) is 4.32. The maximum atomic E-state index is 5.66. The summed E-state index contributed by atoms with van der Waals surface area (Å²) in [7, 11) is 1.97. The van der Waals surface area contributed by atoms with E-state index < -0.39 is 0 Å². The standard InChI is InChI=1S/C12H16N2OS/c1-8(13-3)9(2)16-12-14-10-6-4-5-7-11(10)15-12/h4-9,13H,1-3H3. The highest BCUT2D eigenvalue weighted by molar-refractivity contribution is 7.99. The lowest BCUT2D eigenvalue weighted by Gasteiger charge is -2.16. The van der Waals surface area contributed by atoms with Crippen LogP contribution in [-0.2, 0) is 0 Å². The number of benzene rings is 1. The van der Waals surface area contributed by atoms with Gasteiger partial charge in [-0.1, -0.05) is 30.8 Å². The van der Waals surface area contributed by atoms with E-state index in [4.69, 9.17) is 4.42 Å². The summed E-state index contributed by atoms with van der Waals surface area (Å²) < 4.78 is 5.66. The number of rotatable bonds is 4. The van der Waals surface area contributed by atoms with Crippen molar-refractivity contribution >= 4 is 22.9 Å². The highest BCUT2D eigenvalue weighted by atomic mass is 32.2. The minimum atomic E-state index is 0.429. The van der Waals surface area contributed by atoms with Crippen LogP contribution in [0.25, 0.3) is 11.1 Å². The minimum Gasteiger partial charge on any atom is -0.431 e. The first kappa shape index (κ1) is 11.5. The zero-order valence-electron chi connectivity index (χ0n) is 9.73. The number of fused-ring (bicyclic) bond motifs is 1.